The van der Waals surface area contributed by atoms with E-state index in [0.717, 1.165) is 17.7 Å². The molecule has 0 aliphatic rings. The second-order valence-electron chi connectivity index (χ2n) is 4.62. The molecule has 0 saturated carbocycles. The Kier molecular flexibility index (Phi) is 7.23. The zero-order valence-electron chi connectivity index (χ0n) is 12.2. The average molecular weight is 274 g/mol. The van der Waals surface area contributed by atoms with E-state index in [-0.39, 0.29) is 12.5 Å². The van der Waals surface area contributed by atoms with Gasteiger partial charge in [-0.2, -0.15) is 0 Å². The van der Waals surface area contributed by atoms with E-state index in [2.05, 4.69) is 11.2 Å². The lowest BCUT2D eigenvalue weighted by molar-refractivity contribution is -0.122. The van der Waals surface area contributed by atoms with E-state index in [4.69, 9.17) is 11.2 Å². The lowest BCUT2D eigenvalue weighted by atomic mass is 10.2. The van der Waals surface area contributed by atoms with Crippen LogP contribution in [0.1, 0.15) is 18.9 Å². The molecule has 0 aliphatic carbocycles. The molecule has 0 spiro atoms. The third-order valence-corrected chi connectivity index (χ3v) is 2.71. The molecule has 1 N–H and O–H groups in total. The number of terminal acetylenes is 1. The molecule has 4 heteroatoms. The lowest BCUT2D eigenvalue weighted by Gasteiger charge is -2.18. The number of hydrogen-bond donors (Lipinski definition) is 1. The largest absolute Gasteiger partial charge is 0.481 e. The summed E-state index contributed by atoms with van der Waals surface area (Å²) in [6, 6.07) is 7.72. The lowest BCUT2D eigenvalue weighted by Crippen LogP contribution is -2.35. The van der Waals surface area contributed by atoms with Gasteiger partial charge in [0.15, 0.2) is 0 Å². The monoisotopic (exact) mass is 274 g/mol. The first-order chi connectivity index (χ1) is 9.67. The average Bonchev–Trinajstić information content (AvgIpc) is 2.44. The van der Waals surface area contributed by atoms with Crippen LogP contribution in [0, 0.1) is 12.3 Å². The Hall–Kier alpha value is -1.99. The Morgan fingerprint density at radius 1 is 1.45 bits per heavy atom. The Bertz CT molecular complexity index is 466. The first-order valence-electron chi connectivity index (χ1n) is 6.76. The predicted molar refractivity (Wildman–Crippen MR) is 80.4 cm³/mol. The van der Waals surface area contributed by atoms with Crippen LogP contribution in [0.2, 0.25) is 0 Å². The normalized spacial score (nSPS) is 10.1. The molecular weight excluding hydrogens is 252 g/mol. The minimum atomic E-state index is 0.0383. The Balaban J connectivity index is 2.55. The maximum Gasteiger partial charge on any atom is 0.234 e. The fourth-order valence-corrected chi connectivity index (χ4v) is 1.81. The van der Waals surface area contributed by atoms with Crippen molar-refractivity contribution >= 4 is 5.91 Å². The van der Waals surface area contributed by atoms with Crippen LogP contribution in [0.4, 0.5) is 0 Å². The molecule has 0 radical (unpaired) electrons. The van der Waals surface area contributed by atoms with Gasteiger partial charge in [-0.25, -0.2) is 0 Å². The van der Waals surface area contributed by atoms with Crippen LogP contribution >= 0.6 is 0 Å². The summed E-state index contributed by atoms with van der Waals surface area (Å²) in [5.41, 5.74) is 1.02. The molecule has 20 heavy (non-hydrogen) atoms. The molecule has 0 unspecified atom stereocenters. The fourth-order valence-electron chi connectivity index (χ4n) is 1.81. The van der Waals surface area contributed by atoms with Gasteiger partial charge in [0.2, 0.25) is 5.91 Å². The minimum absolute atomic E-state index is 0.0383. The van der Waals surface area contributed by atoms with E-state index in [9.17, 15) is 4.79 Å². The first kappa shape index (κ1) is 16.1. The molecule has 1 aromatic carbocycles. The standard InChI is InChI=1S/C16H22N2O2/c1-4-10-17-16(19)13-18(3)12-14-8-6-7-9-15(14)20-11-5-2/h2,6-9H,4,10-13H2,1,3H3,(H,17,19). The number of benzene rings is 1. The zero-order valence-corrected chi connectivity index (χ0v) is 12.2. The summed E-state index contributed by atoms with van der Waals surface area (Å²) < 4.78 is 5.49. The van der Waals surface area contributed by atoms with Crippen molar-refractivity contribution in [3.8, 4) is 18.1 Å². The number of carbonyl (C=O) groups excluding carboxylic acids is 1. The van der Waals surface area contributed by atoms with E-state index in [1.807, 2.05) is 43.1 Å². The summed E-state index contributed by atoms with van der Waals surface area (Å²) >= 11 is 0. The highest BCUT2D eigenvalue weighted by Crippen LogP contribution is 2.19. The second-order valence-corrected chi connectivity index (χ2v) is 4.62. The summed E-state index contributed by atoms with van der Waals surface area (Å²) in [5, 5.41) is 2.86. The summed E-state index contributed by atoms with van der Waals surface area (Å²) in [7, 11) is 1.91. The van der Waals surface area contributed by atoms with Gasteiger partial charge in [-0.3, -0.25) is 9.69 Å². The van der Waals surface area contributed by atoms with E-state index < -0.39 is 0 Å². The highest BCUT2D eigenvalue weighted by Gasteiger charge is 2.09. The van der Waals surface area contributed by atoms with Crippen molar-refractivity contribution in [3.63, 3.8) is 0 Å². The maximum atomic E-state index is 11.6. The smallest absolute Gasteiger partial charge is 0.234 e. The Morgan fingerprint density at radius 3 is 2.90 bits per heavy atom. The fraction of sp³-hybridized carbons (Fsp3) is 0.438. The van der Waals surface area contributed by atoms with Crippen LogP contribution in [-0.2, 0) is 11.3 Å². The second kappa shape index (κ2) is 9.00. The van der Waals surface area contributed by atoms with E-state index in [0.29, 0.717) is 19.6 Å². The molecule has 1 amide bonds. The molecule has 1 rings (SSSR count). The molecule has 0 saturated heterocycles. The molecule has 4 nitrogen and oxygen atoms in total. The number of amides is 1. The minimum Gasteiger partial charge on any atom is -0.481 e. The third-order valence-electron chi connectivity index (χ3n) is 2.71. The Labute approximate surface area is 121 Å². The molecule has 0 atom stereocenters. The van der Waals surface area contributed by atoms with Gasteiger partial charge in [0.05, 0.1) is 6.54 Å². The number of rotatable bonds is 8. The van der Waals surface area contributed by atoms with E-state index >= 15 is 0 Å². The van der Waals surface area contributed by atoms with Crippen LogP contribution < -0.4 is 10.1 Å². The number of nitrogens with one attached hydrogen (secondary N) is 1. The van der Waals surface area contributed by atoms with Gasteiger partial charge in [-0.05, 0) is 19.5 Å². The highest BCUT2D eigenvalue weighted by molar-refractivity contribution is 5.77. The number of para-hydroxylation sites is 1. The molecule has 0 fully saturated rings. The van der Waals surface area contributed by atoms with Crippen molar-refractivity contribution in [1.82, 2.24) is 10.2 Å². The van der Waals surface area contributed by atoms with Gasteiger partial charge in [-0.15, -0.1) is 6.42 Å². The van der Waals surface area contributed by atoms with Crippen molar-refractivity contribution in [2.75, 3.05) is 26.7 Å². The van der Waals surface area contributed by atoms with Gasteiger partial charge in [0.25, 0.3) is 0 Å². The number of ether oxygens (including phenoxy) is 1. The van der Waals surface area contributed by atoms with Crippen LogP contribution in [0.5, 0.6) is 5.75 Å². The van der Waals surface area contributed by atoms with Crippen molar-refractivity contribution in [3.05, 3.63) is 29.8 Å². The topological polar surface area (TPSA) is 41.6 Å². The van der Waals surface area contributed by atoms with Crippen LogP contribution in [-0.4, -0.2) is 37.6 Å². The summed E-state index contributed by atoms with van der Waals surface area (Å²) in [4.78, 5) is 13.6. The highest BCUT2D eigenvalue weighted by atomic mass is 16.5. The van der Waals surface area contributed by atoms with Gasteiger partial charge in [-0.1, -0.05) is 31.0 Å². The number of likely N-dealkylation sites (N-methyl/N-ethyl adjacent to an activating group) is 1. The summed E-state index contributed by atoms with van der Waals surface area (Å²) in [5.74, 6) is 3.26. The van der Waals surface area contributed by atoms with Gasteiger partial charge < -0.3 is 10.1 Å². The molecule has 0 heterocycles. The van der Waals surface area contributed by atoms with Gasteiger partial charge in [0.1, 0.15) is 12.4 Å². The molecule has 0 aromatic heterocycles. The molecule has 108 valence electrons. The van der Waals surface area contributed by atoms with Gasteiger partial charge in [0, 0.05) is 18.7 Å². The molecular formula is C16H22N2O2. The van der Waals surface area contributed by atoms with Crippen molar-refractivity contribution in [1.29, 1.82) is 0 Å². The number of nitrogens with zero attached hydrogens (tertiary/aromatic N) is 1. The predicted octanol–water partition coefficient (Wildman–Crippen LogP) is 1.66. The van der Waals surface area contributed by atoms with E-state index in [1.165, 1.54) is 0 Å². The molecule has 1 aromatic rings. The summed E-state index contributed by atoms with van der Waals surface area (Å²) in [6.07, 6.45) is 6.14. The van der Waals surface area contributed by atoms with Crippen LogP contribution in [0.3, 0.4) is 0 Å². The Morgan fingerprint density at radius 2 is 2.20 bits per heavy atom. The number of hydrogen-bond acceptors (Lipinski definition) is 3. The molecule has 0 bridgehead atoms. The SMILES string of the molecule is C#CCOc1ccccc1CN(C)CC(=O)NCCC. The van der Waals surface area contributed by atoms with Crippen molar-refractivity contribution < 1.29 is 9.53 Å². The van der Waals surface area contributed by atoms with E-state index in [1.54, 1.807) is 0 Å². The van der Waals surface area contributed by atoms with Crippen LogP contribution in [0.25, 0.3) is 0 Å². The van der Waals surface area contributed by atoms with Crippen molar-refractivity contribution in [2.45, 2.75) is 19.9 Å². The summed E-state index contributed by atoms with van der Waals surface area (Å²) in [6.45, 7) is 4.00. The maximum absolute atomic E-state index is 11.6. The third kappa shape index (κ3) is 5.77. The first-order valence-corrected chi connectivity index (χ1v) is 6.76. The zero-order chi connectivity index (χ0) is 14.8. The van der Waals surface area contributed by atoms with Crippen LogP contribution in [0.15, 0.2) is 24.3 Å². The number of carbonyl (C=O) groups is 1. The van der Waals surface area contributed by atoms with Crippen molar-refractivity contribution in [2.24, 2.45) is 0 Å². The molecule has 0 aliphatic heterocycles. The quantitative estimate of drug-likeness (QED) is 0.733. The van der Waals surface area contributed by atoms with Gasteiger partial charge >= 0.3 is 0 Å².